The number of carbonyl (C=O) groups is 1. The standard InChI is InChI=1S/C30H40N4O5/c1-38-12-13-39-32-28(30(36)37)27-29(35)34(26-11-3-2-10-25(26)31-27)24-17-21-8-5-9-22(18-24)33(21)23-15-19-6-4-7-20(14-19)16-23/h2-3,10-11,19-24H,4-9,12-18H2,1H3,(H,36,37)/b32-28-. The van der Waals surface area contributed by atoms with E-state index in [1.165, 1.54) is 64.9 Å². The second kappa shape index (κ2) is 11.4. The summed E-state index contributed by atoms with van der Waals surface area (Å²) in [6, 6.07) is 9.10. The van der Waals surface area contributed by atoms with E-state index in [0.717, 1.165) is 30.2 Å². The molecule has 210 valence electrons. The number of methoxy groups -OCH3 is 1. The van der Waals surface area contributed by atoms with Gasteiger partial charge in [0.15, 0.2) is 5.69 Å². The number of carboxylic acid groups (broad SMARTS) is 1. The number of rotatable bonds is 8. The van der Waals surface area contributed by atoms with Gasteiger partial charge in [0, 0.05) is 31.3 Å². The molecule has 4 unspecified atom stereocenters. The Morgan fingerprint density at radius 3 is 2.33 bits per heavy atom. The summed E-state index contributed by atoms with van der Waals surface area (Å²) in [4.78, 5) is 38.7. The normalized spacial score (nSPS) is 31.3. The summed E-state index contributed by atoms with van der Waals surface area (Å²) >= 11 is 0. The van der Waals surface area contributed by atoms with Crippen LogP contribution in [-0.2, 0) is 14.4 Å². The summed E-state index contributed by atoms with van der Waals surface area (Å²) in [6.45, 7) is 0.343. The number of nitrogens with zero attached hydrogens (tertiary/aromatic N) is 4. The molecular formula is C30H40N4O5. The van der Waals surface area contributed by atoms with Gasteiger partial charge < -0.3 is 19.2 Å². The maximum absolute atomic E-state index is 14.0. The van der Waals surface area contributed by atoms with Gasteiger partial charge in [0.05, 0.1) is 17.6 Å². The largest absolute Gasteiger partial charge is 0.476 e. The molecule has 39 heavy (non-hydrogen) atoms. The molecule has 0 spiro atoms. The highest BCUT2D eigenvalue weighted by molar-refractivity contribution is 6.41. The van der Waals surface area contributed by atoms with Crippen LogP contribution in [0.25, 0.3) is 11.0 Å². The van der Waals surface area contributed by atoms with Gasteiger partial charge >= 0.3 is 5.97 Å². The van der Waals surface area contributed by atoms with E-state index in [4.69, 9.17) is 9.57 Å². The lowest BCUT2D eigenvalue weighted by Gasteiger charge is -2.55. The molecule has 2 saturated carbocycles. The highest BCUT2D eigenvalue weighted by atomic mass is 16.6. The second-order valence-corrected chi connectivity index (χ2v) is 12.0. The van der Waals surface area contributed by atoms with Crippen LogP contribution in [0.4, 0.5) is 0 Å². The van der Waals surface area contributed by atoms with E-state index >= 15 is 0 Å². The van der Waals surface area contributed by atoms with Crippen molar-refractivity contribution in [1.29, 1.82) is 0 Å². The molecular weight excluding hydrogens is 496 g/mol. The van der Waals surface area contributed by atoms with Gasteiger partial charge in [0.2, 0.25) is 5.71 Å². The Labute approximate surface area is 229 Å². The topological polar surface area (TPSA) is 106 Å². The Morgan fingerprint density at radius 1 is 0.949 bits per heavy atom. The van der Waals surface area contributed by atoms with Gasteiger partial charge in [-0.25, -0.2) is 9.78 Å². The minimum atomic E-state index is -1.34. The van der Waals surface area contributed by atoms with E-state index in [-0.39, 0.29) is 24.9 Å². The molecule has 2 aromatic rings. The zero-order valence-electron chi connectivity index (χ0n) is 22.8. The molecule has 2 aliphatic carbocycles. The first-order chi connectivity index (χ1) is 19.0. The van der Waals surface area contributed by atoms with Gasteiger partial charge in [-0.2, -0.15) is 0 Å². The van der Waals surface area contributed by atoms with Crippen LogP contribution in [0.15, 0.2) is 34.2 Å². The van der Waals surface area contributed by atoms with Crippen LogP contribution in [0.5, 0.6) is 0 Å². The van der Waals surface area contributed by atoms with Crippen molar-refractivity contribution in [2.24, 2.45) is 17.0 Å². The Bertz CT molecular complexity index is 1270. The molecule has 0 radical (unpaired) electrons. The Kier molecular flexibility index (Phi) is 7.71. The minimum absolute atomic E-state index is 0.0109. The number of benzene rings is 1. The molecule has 1 aromatic heterocycles. The first-order valence-corrected chi connectivity index (χ1v) is 14.7. The predicted octanol–water partition coefficient (Wildman–Crippen LogP) is 4.38. The number of fused-ring (bicyclic) bond motifs is 5. The van der Waals surface area contributed by atoms with Crippen LogP contribution in [0.2, 0.25) is 0 Å². The summed E-state index contributed by atoms with van der Waals surface area (Å²) in [5.41, 5.74) is 0.285. The fourth-order valence-corrected chi connectivity index (χ4v) is 8.22. The van der Waals surface area contributed by atoms with E-state index in [0.29, 0.717) is 23.6 Å². The third kappa shape index (κ3) is 5.23. The summed E-state index contributed by atoms with van der Waals surface area (Å²) in [7, 11) is 1.52. The first-order valence-electron chi connectivity index (χ1n) is 14.7. The quantitative estimate of drug-likeness (QED) is 0.303. The Hall–Kier alpha value is -2.78. The van der Waals surface area contributed by atoms with Crippen LogP contribution in [-0.4, -0.2) is 69.7 Å². The lowest BCUT2D eigenvalue weighted by atomic mass is 9.68. The molecule has 2 aliphatic heterocycles. The van der Waals surface area contributed by atoms with E-state index in [2.05, 4.69) is 15.0 Å². The number of oxime groups is 1. The van der Waals surface area contributed by atoms with Crippen molar-refractivity contribution in [3.63, 3.8) is 0 Å². The Morgan fingerprint density at radius 2 is 1.64 bits per heavy atom. The number of piperidine rings is 2. The SMILES string of the molecule is COCCO/N=C(\C(=O)O)c1nc2ccccc2n(C2CC3CCCC(C2)N3C2CC3CCCC(C3)C2)c1=O. The molecule has 9 nitrogen and oxygen atoms in total. The maximum atomic E-state index is 14.0. The van der Waals surface area contributed by atoms with Crippen molar-refractivity contribution in [3.8, 4) is 0 Å². The average molecular weight is 537 g/mol. The van der Waals surface area contributed by atoms with E-state index in [9.17, 15) is 14.7 Å². The van der Waals surface area contributed by atoms with Crippen LogP contribution < -0.4 is 5.56 Å². The van der Waals surface area contributed by atoms with Gasteiger partial charge in [-0.15, -0.1) is 0 Å². The van der Waals surface area contributed by atoms with Gasteiger partial charge in [0.25, 0.3) is 5.56 Å². The molecule has 4 aliphatic rings. The van der Waals surface area contributed by atoms with Crippen LogP contribution in [0.1, 0.15) is 82.4 Å². The third-order valence-corrected chi connectivity index (χ3v) is 9.65. The van der Waals surface area contributed by atoms with Gasteiger partial charge in [-0.05, 0) is 68.9 Å². The number of aromatic nitrogens is 2. The smallest absolute Gasteiger partial charge is 0.360 e. The van der Waals surface area contributed by atoms with Crippen molar-refractivity contribution in [2.75, 3.05) is 20.3 Å². The van der Waals surface area contributed by atoms with Crippen LogP contribution in [0, 0.1) is 11.8 Å². The Balaban J connectivity index is 1.34. The van der Waals surface area contributed by atoms with Crippen LogP contribution in [0.3, 0.4) is 0 Å². The second-order valence-electron chi connectivity index (χ2n) is 12.0. The van der Waals surface area contributed by atoms with E-state index in [1.54, 1.807) is 0 Å². The fourth-order valence-electron chi connectivity index (χ4n) is 8.22. The number of hydrogen-bond acceptors (Lipinski definition) is 7. The molecule has 4 bridgehead atoms. The predicted molar refractivity (Wildman–Crippen MR) is 148 cm³/mol. The zero-order valence-corrected chi connectivity index (χ0v) is 22.8. The monoisotopic (exact) mass is 536 g/mol. The summed E-state index contributed by atoms with van der Waals surface area (Å²) in [5.74, 6) is 0.429. The maximum Gasteiger partial charge on any atom is 0.360 e. The number of hydrogen-bond donors (Lipinski definition) is 1. The zero-order chi connectivity index (χ0) is 26.9. The van der Waals surface area contributed by atoms with Crippen molar-refractivity contribution < 1.29 is 19.5 Å². The van der Waals surface area contributed by atoms with Gasteiger partial charge in [-0.3, -0.25) is 9.69 Å². The molecule has 2 saturated heterocycles. The molecule has 4 fully saturated rings. The van der Waals surface area contributed by atoms with Crippen molar-refractivity contribution in [2.45, 2.75) is 94.8 Å². The molecule has 4 atom stereocenters. The van der Waals surface area contributed by atoms with Crippen molar-refractivity contribution in [1.82, 2.24) is 14.5 Å². The highest BCUT2D eigenvalue weighted by Gasteiger charge is 2.45. The molecule has 0 amide bonds. The lowest BCUT2D eigenvalue weighted by Crippen LogP contribution is -2.58. The van der Waals surface area contributed by atoms with E-state index in [1.807, 2.05) is 28.8 Å². The number of aliphatic carboxylic acids is 1. The van der Waals surface area contributed by atoms with Crippen molar-refractivity contribution >= 4 is 22.7 Å². The number of para-hydroxylation sites is 2. The van der Waals surface area contributed by atoms with Crippen LogP contribution >= 0.6 is 0 Å². The fraction of sp³-hybridized carbons (Fsp3) is 0.667. The molecule has 6 rings (SSSR count). The summed E-state index contributed by atoms with van der Waals surface area (Å²) < 4.78 is 6.78. The molecule has 3 heterocycles. The summed E-state index contributed by atoms with van der Waals surface area (Å²) in [5, 5.41) is 13.7. The molecule has 1 N–H and O–H groups in total. The average Bonchev–Trinajstić information content (AvgIpc) is 2.92. The molecule has 9 heteroatoms. The third-order valence-electron chi connectivity index (χ3n) is 9.65. The van der Waals surface area contributed by atoms with Gasteiger partial charge in [-0.1, -0.05) is 43.0 Å². The van der Waals surface area contributed by atoms with Gasteiger partial charge in [0.1, 0.15) is 6.61 Å². The van der Waals surface area contributed by atoms with Crippen molar-refractivity contribution in [3.05, 3.63) is 40.3 Å². The lowest BCUT2D eigenvalue weighted by molar-refractivity contribution is -0.129. The van der Waals surface area contributed by atoms with E-state index < -0.39 is 17.2 Å². The number of carboxylic acids is 1. The highest BCUT2D eigenvalue weighted by Crippen LogP contribution is 2.47. The summed E-state index contributed by atoms with van der Waals surface area (Å²) in [6.07, 6.45) is 13.6. The molecule has 1 aromatic carbocycles. The first kappa shape index (κ1) is 26.4. The minimum Gasteiger partial charge on any atom is -0.476 e. The number of ether oxygens (including phenoxy) is 1.